The van der Waals surface area contributed by atoms with Gasteiger partial charge in [-0.25, -0.2) is 15.0 Å². The van der Waals surface area contributed by atoms with Crippen molar-refractivity contribution in [1.82, 2.24) is 19.5 Å². The third-order valence-corrected chi connectivity index (χ3v) is 9.52. The summed E-state index contributed by atoms with van der Waals surface area (Å²) in [7, 11) is -3.80. The van der Waals surface area contributed by atoms with E-state index in [0.29, 0.717) is 35.2 Å². The summed E-state index contributed by atoms with van der Waals surface area (Å²) < 4.78 is 24.9. The summed E-state index contributed by atoms with van der Waals surface area (Å²) in [6.07, 6.45) is 21.9. The van der Waals surface area contributed by atoms with Crippen LogP contribution in [0.15, 0.2) is 12.7 Å². The molecule has 41 heavy (non-hydrogen) atoms. The van der Waals surface area contributed by atoms with Crippen molar-refractivity contribution < 1.29 is 18.7 Å². The van der Waals surface area contributed by atoms with Gasteiger partial charge in [0.15, 0.2) is 11.5 Å². The van der Waals surface area contributed by atoms with Gasteiger partial charge in [0, 0.05) is 18.1 Å². The molecular weight excluding hydrogens is 557 g/mol. The van der Waals surface area contributed by atoms with Crippen molar-refractivity contribution in [3.05, 3.63) is 12.7 Å². The van der Waals surface area contributed by atoms with Crippen LogP contribution in [0.3, 0.4) is 0 Å². The third kappa shape index (κ3) is 13.9. The molecule has 3 N–H and O–H groups in total. The molecule has 2 atom stereocenters. The molecule has 9 nitrogen and oxygen atoms in total. The molecule has 0 amide bonds. The lowest BCUT2D eigenvalue weighted by Gasteiger charge is -2.17. The number of aromatic nitrogens is 4. The van der Waals surface area contributed by atoms with E-state index in [2.05, 4.69) is 26.8 Å². The van der Waals surface area contributed by atoms with Gasteiger partial charge in [-0.05, 0) is 38.4 Å². The van der Waals surface area contributed by atoms with Crippen molar-refractivity contribution in [2.45, 2.75) is 116 Å². The molecule has 3 rings (SSSR count). The van der Waals surface area contributed by atoms with Gasteiger partial charge >= 0.3 is 7.60 Å². The largest absolute Gasteiger partial charge is 0.382 e. The minimum atomic E-state index is -3.80. The number of nitrogens with zero attached hydrogens (tertiary/aromatic N) is 4. The van der Waals surface area contributed by atoms with Crippen LogP contribution in [-0.4, -0.2) is 55.0 Å². The first-order valence-electron chi connectivity index (χ1n) is 15.5. The average molecular weight is 608 g/mol. The second-order valence-electron chi connectivity index (χ2n) is 11.1. The molecule has 2 aromatic heterocycles. The van der Waals surface area contributed by atoms with E-state index in [1.807, 2.05) is 6.92 Å². The average Bonchev–Trinajstić information content (AvgIpc) is 3.62. The summed E-state index contributed by atoms with van der Waals surface area (Å²) >= 11 is 1.77. The summed E-state index contributed by atoms with van der Waals surface area (Å²) in [5, 5.41) is 0. The van der Waals surface area contributed by atoms with Gasteiger partial charge in [-0.1, -0.05) is 70.1 Å². The van der Waals surface area contributed by atoms with E-state index in [0.717, 1.165) is 12.2 Å². The highest BCUT2D eigenvalue weighted by atomic mass is 32.2. The Morgan fingerprint density at radius 3 is 2.46 bits per heavy atom. The first-order chi connectivity index (χ1) is 19.9. The molecule has 2 aromatic rings. The molecule has 11 heteroatoms. The fourth-order valence-electron chi connectivity index (χ4n) is 5.08. The maximum absolute atomic E-state index is 12.3. The first-order valence-corrected chi connectivity index (χ1v) is 18.4. The topological polar surface area (TPSA) is 125 Å². The van der Waals surface area contributed by atoms with Crippen LogP contribution in [0.2, 0.25) is 0 Å². The Kier molecular flexibility index (Phi) is 16.1. The number of nitrogens with two attached hydrogens (primary N) is 1. The maximum atomic E-state index is 12.3. The van der Waals surface area contributed by atoms with Gasteiger partial charge in [-0.3, -0.25) is 4.57 Å². The highest BCUT2D eigenvalue weighted by Gasteiger charge is 2.21. The van der Waals surface area contributed by atoms with Gasteiger partial charge in [-0.15, -0.1) is 5.92 Å². The number of nitrogen functional groups attached to an aromatic ring is 1. The smallest absolute Gasteiger partial charge is 0.353 e. The molecule has 0 bridgehead atoms. The fourth-order valence-corrected chi connectivity index (χ4v) is 6.91. The predicted molar refractivity (Wildman–Crippen MR) is 169 cm³/mol. The highest BCUT2D eigenvalue weighted by molar-refractivity contribution is 7.99. The molecule has 0 saturated heterocycles. The number of hydrogen-bond acceptors (Lipinski definition) is 8. The molecule has 1 saturated carbocycles. The van der Waals surface area contributed by atoms with Crippen LogP contribution < -0.4 is 5.73 Å². The quantitative estimate of drug-likeness (QED) is 0.0861. The zero-order valence-electron chi connectivity index (χ0n) is 24.8. The van der Waals surface area contributed by atoms with Gasteiger partial charge in [0.2, 0.25) is 0 Å². The van der Waals surface area contributed by atoms with Crippen molar-refractivity contribution in [2.75, 3.05) is 30.2 Å². The van der Waals surface area contributed by atoms with Crippen molar-refractivity contribution in [3.63, 3.8) is 0 Å². The van der Waals surface area contributed by atoms with Gasteiger partial charge in [0.25, 0.3) is 0 Å². The molecule has 230 valence electrons. The summed E-state index contributed by atoms with van der Waals surface area (Å²) in [6.45, 7) is 2.48. The SMILES string of the molecule is C[C@H](Cn1cnc2c(N)ncnc21)OCP(=O)(O)OCCSCCCCCCCCCCCCC#CC1CCCC1. The van der Waals surface area contributed by atoms with Crippen LogP contribution in [0.4, 0.5) is 5.82 Å². The summed E-state index contributed by atoms with van der Waals surface area (Å²) in [5.41, 5.74) is 6.95. The second kappa shape index (κ2) is 19.5. The molecule has 1 aliphatic rings. The van der Waals surface area contributed by atoms with Crippen LogP contribution in [0, 0.1) is 17.8 Å². The number of rotatable bonds is 21. The van der Waals surface area contributed by atoms with Crippen molar-refractivity contribution >= 4 is 36.3 Å². The zero-order chi connectivity index (χ0) is 29.2. The van der Waals surface area contributed by atoms with Crippen molar-refractivity contribution in [1.29, 1.82) is 0 Å². The molecule has 0 radical (unpaired) electrons. The number of anilines is 1. The van der Waals surface area contributed by atoms with Crippen LogP contribution in [0.5, 0.6) is 0 Å². The van der Waals surface area contributed by atoms with E-state index >= 15 is 0 Å². The summed E-state index contributed by atoms with van der Waals surface area (Å²) in [5.74, 6) is 9.65. The lowest BCUT2D eigenvalue weighted by molar-refractivity contribution is 0.0724. The molecule has 0 aliphatic heterocycles. The number of thioether (sulfide) groups is 1. The normalized spacial score (nSPS) is 16.0. The molecule has 2 heterocycles. The van der Waals surface area contributed by atoms with Gasteiger partial charge in [-0.2, -0.15) is 11.8 Å². The number of hydrogen-bond donors (Lipinski definition) is 2. The van der Waals surface area contributed by atoms with Gasteiger partial charge in [0.1, 0.15) is 18.2 Å². The maximum Gasteiger partial charge on any atom is 0.353 e. The zero-order valence-corrected chi connectivity index (χ0v) is 26.6. The van der Waals surface area contributed by atoms with E-state index in [-0.39, 0.29) is 19.1 Å². The van der Waals surface area contributed by atoms with Gasteiger partial charge < -0.3 is 24.5 Å². The third-order valence-electron chi connectivity index (χ3n) is 7.43. The molecule has 1 fully saturated rings. The minimum Gasteiger partial charge on any atom is -0.382 e. The Morgan fingerprint density at radius 1 is 1.05 bits per heavy atom. The van der Waals surface area contributed by atoms with E-state index in [1.165, 1.54) is 96.2 Å². The van der Waals surface area contributed by atoms with E-state index in [4.69, 9.17) is 15.0 Å². The van der Waals surface area contributed by atoms with Crippen molar-refractivity contribution in [3.8, 4) is 11.8 Å². The number of imidazole rings is 1. The molecule has 0 aromatic carbocycles. The highest BCUT2D eigenvalue weighted by Crippen LogP contribution is 2.42. The second-order valence-corrected chi connectivity index (χ2v) is 14.1. The molecular formula is C30H50N5O4PS. The Morgan fingerprint density at radius 2 is 1.73 bits per heavy atom. The number of fused-ring (bicyclic) bond motifs is 1. The number of unbranched alkanes of at least 4 members (excludes halogenated alkanes) is 10. The Labute approximate surface area is 250 Å². The molecule has 1 aliphatic carbocycles. The van der Waals surface area contributed by atoms with Gasteiger partial charge in [0.05, 0.1) is 25.6 Å². The van der Waals surface area contributed by atoms with Crippen LogP contribution in [-0.2, 0) is 20.4 Å². The van der Waals surface area contributed by atoms with E-state index < -0.39 is 7.60 Å². The first kappa shape index (κ1) is 33.9. The van der Waals surface area contributed by atoms with Crippen molar-refractivity contribution in [2.24, 2.45) is 5.92 Å². The van der Waals surface area contributed by atoms with E-state index in [1.54, 1.807) is 22.7 Å². The monoisotopic (exact) mass is 607 g/mol. The van der Waals surface area contributed by atoms with Crippen LogP contribution in [0.1, 0.15) is 103 Å². The summed E-state index contributed by atoms with van der Waals surface area (Å²) in [6, 6.07) is 0. The lowest BCUT2D eigenvalue weighted by atomic mass is 10.1. The molecule has 0 spiro atoms. The molecule has 1 unspecified atom stereocenters. The van der Waals surface area contributed by atoms with Crippen LogP contribution >= 0.6 is 19.4 Å². The Bertz CT molecular complexity index is 1120. The lowest BCUT2D eigenvalue weighted by Crippen LogP contribution is -2.17. The van der Waals surface area contributed by atoms with E-state index in [9.17, 15) is 9.46 Å². The minimum absolute atomic E-state index is 0.242. The summed E-state index contributed by atoms with van der Waals surface area (Å²) in [4.78, 5) is 22.4. The van der Waals surface area contributed by atoms with Crippen LogP contribution in [0.25, 0.3) is 11.2 Å². The Hall–Kier alpha value is -1.63. The standard InChI is InChI=1S/C30H50N5O4PS/c1-26(22-35-24-34-28-29(31)32-23-33-30(28)35)38-25-40(36,37)39-19-21-41-20-15-11-9-7-5-3-2-4-6-8-10-12-16-27-17-13-14-18-27/h23-24,26-27H,2-11,13-15,17-22,25H2,1H3,(H,36,37)(H2,31,32,33)/t26-/m1/s1. The Balaban J connectivity index is 1.08. The predicted octanol–water partition coefficient (Wildman–Crippen LogP) is 7.19. The fraction of sp³-hybridized carbons (Fsp3) is 0.767. The number of ether oxygens (including phenoxy) is 1.